The van der Waals surface area contributed by atoms with Crippen LogP contribution in [0.1, 0.15) is 5.56 Å². The minimum absolute atomic E-state index is 0.732. The average molecular weight is 422 g/mol. The molecule has 0 aliphatic rings. The molecular formula is C26H23N5O. The molecule has 3 N–H and O–H groups in total. The lowest BCUT2D eigenvalue weighted by Gasteiger charge is -2.12. The normalized spacial score (nSPS) is 10.8. The van der Waals surface area contributed by atoms with Crippen molar-refractivity contribution < 1.29 is 4.74 Å². The highest BCUT2D eigenvalue weighted by molar-refractivity contribution is 6.06. The molecule has 158 valence electrons. The molecule has 0 saturated heterocycles. The lowest BCUT2D eigenvalue weighted by atomic mass is 10.0. The van der Waals surface area contributed by atoms with E-state index in [1.807, 2.05) is 86.0 Å². The number of aromatic nitrogens is 3. The van der Waals surface area contributed by atoms with Gasteiger partial charge in [-0.3, -0.25) is 5.10 Å². The van der Waals surface area contributed by atoms with Gasteiger partial charge in [-0.1, -0.05) is 48.5 Å². The Bertz CT molecular complexity index is 1360. The van der Waals surface area contributed by atoms with Crippen molar-refractivity contribution in [3.05, 3.63) is 90.6 Å². The van der Waals surface area contributed by atoms with Crippen molar-refractivity contribution >= 4 is 28.2 Å². The summed E-state index contributed by atoms with van der Waals surface area (Å²) in [5.74, 6) is 3.09. The maximum Gasteiger partial charge on any atom is 0.156 e. The fraction of sp³-hybridized carbons (Fsp3) is 0.0769. The van der Waals surface area contributed by atoms with Gasteiger partial charge in [0.15, 0.2) is 11.6 Å². The van der Waals surface area contributed by atoms with E-state index >= 15 is 0 Å². The van der Waals surface area contributed by atoms with E-state index in [1.54, 1.807) is 0 Å². The number of pyridine rings is 1. The highest BCUT2D eigenvalue weighted by Crippen LogP contribution is 2.37. The lowest BCUT2D eigenvalue weighted by Crippen LogP contribution is -1.98. The molecule has 2 heterocycles. The van der Waals surface area contributed by atoms with E-state index in [1.165, 1.54) is 0 Å². The summed E-state index contributed by atoms with van der Waals surface area (Å²) in [4.78, 5) is 4.72. The first-order valence-corrected chi connectivity index (χ1v) is 10.4. The molecule has 5 aromatic rings. The second-order valence-electron chi connectivity index (χ2n) is 7.47. The van der Waals surface area contributed by atoms with Crippen LogP contribution >= 0.6 is 0 Å². The van der Waals surface area contributed by atoms with Crippen LogP contribution in [0.5, 0.6) is 11.5 Å². The third-order valence-electron chi connectivity index (χ3n) is 5.37. The first-order valence-electron chi connectivity index (χ1n) is 10.4. The summed E-state index contributed by atoms with van der Waals surface area (Å²) in [6.45, 7) is 2.07. The van der Waals surface area contributed by atoms with Gasteiger partial charge in [0.1, 0.15) is 17.0 Å². The molecule has 0 saturated carbocycles. The van der Waals surface area contributed by atoms with Crippen molar-refractivity contribution in [1.29, 1.82) is 0 Å². The van der Waals surface area contributed by atoms with Gasteiger partial charge in [-0.25, -0.2) is 4.98 Å². The monoisotopic (exact) mass is 421 g/mol. The minimum atomic E-state index is 0.732. The Morgan fingerprint density at radius 1 is 0.812 bits per heavy atom. The Hall–Kier alpha value is -4.32. The fourth-order valence-corrected chi connectivity index (χ4v) is 3.70. The molecule has 2 aromatic heterocycles. The molecular weight excluding hydrogens is 398 g/mol. The van der Waals surface area contributed by atoms with Crippen LogP contribution in [-0.4, -0.2) is 22.2 Å². The molecule has 0 spiro atoms. The summed E-state index contributed by atoms with van der Waals surface area (Å²) in [6, 6.07) is 25.9. The minimum Gasteiger partial charge on any atom is -0.457 e. The van der Waals surface area contributed by atoms with Crippen molar-refractivity contribution in [3.8, 4) is 22.6 Å². The van der Waals surface area contributed by atoms with Gasteiger partial charge in [0.2, 0.25) is 0 Å². The van der Waals surface area contributed by atoms with Gasteiger partial charge in [-0.05, 0) is 48.4 Å². The molecule has 0 aliphatic carbocycles. The van der Waals surface area contributed by atoms with Gasteiger partial charge in [0, 0.05) is 24.5 Å². The summed E-state index contributed by atoms with van der Waals surface area (Å²) < 4.78 is 5.93. The number of hydrogen-bond acceptors (Lipinski definition) is 5. The molecule has 5 rings (SSSR count). The van der Waals surface area contributed by atoms with Crippen molar-refractivity contribution in [2.75, 3.05) is 17.7 Å². The number of ether oxygens (including phenoxy) is 1. The number of benzene rings is 3. The Morgan fingerprint density at radius 2 is 1.53 bits per heavy atom. The summed E-state index contributed by atoms with van der Waals surface area (Å²) in [6.07, 6.45) is 1.88. The molecule has 6 heteroatoms. The zero-order valence-corrected chi connectivity index (χ0v) is 17.9. The molecule has 0 unspecified atom stereocenters. The summed E-state index contributed by atoms with van der Waals surface area (Å²) in [7, 11) is 1.87. The van der Waals surface area contributed by atoms with E-state index in [9.17, 15) is 0 Å². The highest BCUT2D eigenvalue weighted by atomic mass is 16.5. The SMILES string of the molecule is CNc1n[nH]c2c(Nc3ccccc3C)ncc(-c3ccc(Oc4ccccc4)cc3)c12. The zero-order valence-electron chi connectivity index (χ0n) is 17.9. The highest BCUT2D eigenvalue weighted by Gasteiger charge is 2.16. The number of nitrogens with zero attached hydrogens (tertiary/aromatic N) is 2. The third kappa shape index (κ3) is 3.74. The first-order chi connectivity index (χ1) is 15.7. The van der Waals surface area contributed by atoms with E-state index in [4.69, 9.17) is 9.72 Å². The Labute approximate surface area is 186 Å². The van der Waals surface area contributed by atoms with Gasteiger partial charge >= 0.3 is 0 Å². The number of anilines is 3. The van der Waals surface area contributed by atoms with Crippen LogP contribution in [0.2, 0.25) is 0 Å². The van der Waals surface area contributed by atoms with E-state index in [0.717, 1.165) is 56.4 Å². The van der Waals surface area contributed by atoms with E-state index in [2.05, 4.69) is 33.8 Å². The molecule has 0 fully saturated rings. The van der Waals surface area contributed by atoms with Crippen LogP contribution in [0.15, 0.2) is 85.1 Å². The van der Waals surface area contributed by atoms with E-state index in [-0.39, 0.29) is 0 Å². The average Bonchev–Trinajstić information content (AvgIpc) is 3.27. The van der Waals surface area contributed by atoms with Crippen molar-refractivity contribution in [2.24, 2.45) is 0 Å². The number of nitrogens with one attached hydrogen (secondary N) is 3. The number of H-pyrrole nitrogens is 1. The van der Waals surface area contributed by atoms with Gasteiger partial charge in [0.05, 0.1) is 5.39 Å². The Balaban J connectivity index is 1.52. The topological polar surface area (TPSA) is 74.9 Å². The molecule has 0 bridgehead atoms. The van der Waals surface area contributed by atoms with Crippen molar-refractivity contribution in [1.82, 2.24) is 15.2 Å². The number of aromatic amines is 1. The first kappa shape index (κ1) is 19.6. The summed E-state index contributed by atoms with van der Waals surface area (Å²) in [5.41, 5.74) is 5.02. The quantitative estimate of drug-likeness (QED) is 0.291. The second kappa shape index (κ2) is 8.43. The van der Waals surface area contributed by atoms with Gasteiger partial charge in [0.25, 0.3) is 0 Å². The molecule has 0 aliphatic heterocycles. The number of para-hydroxylation sites is 2. The zero-order chi connectivity index (χ0) is 21.9. The Morgan fingerprint density at radius 3 is 2.28 bits per heavy atom. The van der Waals surface area contributed by atoms with Crippen LogP contribution < -0.4 is 15.4 Å². The molecule has 3 aromatic carbocycles. The number of rotatable bonds is 6. The number of aryl methyl sites for hydroxylation is 1. The molecule has 0 radical (unpaired) electrons. The maximum absolute atomic E-state index is 5.93. The molecule has 32 heavy (non-hydrogen) atoms. The van der Waals surface area contributed by atoms with Crippen LogP contribution in [0, 0.1) is 6.92 Å². The van der Waals surface area contributed by atoms with Crippen LogP contribution in [0.3, 0.4) is 0 Å². The summed E-state index contributed by atoms with van der Waals surface area (Å²) >= 11 is 0. The summed E-state index contributed by atoms with van der Waals surface area (Å²) in [5, 5.41) is 15.2. The smallest absolute Gasteiger partial charge is 0.156 e. The standard InChI is InChI=1S/C26H23N5O/c1-17-8-6-7-11-22(17)29-26-24-23(25(27-2)31-30-24)21(16-28-26)18-12-14-20(15-13-18)32-19-9-4-3-5-10-19/h3-16H,1-2H3,(H,28,29)(H2,27,30,31). The van der Waals surface area contributed by atoms with Crippen LogP contribution in [0.25, 0.3) is 22.0 Å². The molecule has 0 amide bonds. The lowest BCUT2D eigenvalue weighted by molar-refractivity contribution is 0.483. The van der Waals surface area contributed by atoms with Gasteiger partial charge < -0.3 is 15.4 Å². The van der Waals surface area contributed by atoms with Gasteiger partial charge in [-0.15, -0.1) is 0 Å². The second-order valence-corrected chi connectivity index (χ2v) is 7.47. The Kier molecular flexibility index (Phi) is 5.17. The van der Waals surface area contributed by atoms with Crippen LogP contribution in [-0.2, 0) is 0 Å². The van der Waals surface area contributed by atoms with Crippen LogP contribution in [0.4, 0.5) is 17.3 Å². The maximum atomic E-state index is 5.93. The van der Waals surface area contributed by atoms with Crippen molar-refractivity contribution in [3.63, 3.8) is 0 Å². The van der Waals surface area contributed by atoms with Crippen molar-refractivity contribution in [2.45, 2.75) is 6.92 Å². The predicted molar refractivity (Wildman–Crippen MR) is 130 cm³/mol. The number of hydrogen-bond donors (Lipinski definition) is 3. The molecule has 0 atom stereocenters. The van der Waals surface area contributed by atoms with E-state index in [0.29, 0.717) is 0 Å². The van der Waals surface area contributed by atoms with E-state index < -0.39 is 0 Å². The van der Waals surface area contributed by atoms with Gasteiger partial charge in [-0.2, -0.15) is 5.10 Å². The molecule has 6 nitrogen and oxygen atoms in total. The third-order valence-corrected chi connectivity index (χ3v) is 5.37. The largest absolute Gasteiger partial charge is 0.457 e. The predicted octanol–water partition coefficient (Wildman–Crippen LogP) is 6.51. The fourth-order valence-electron chi connectivity index (χ4n) is 3.70. The number of fused-ring (bicyclic) bond motifs is 1.